The lowest BCUT2D eigenvalue weighted by Crippen LogP contribution is -2.35. The van der Waals surface area contributed by atoms with Crippen LogP contribution in [0.3, 0.4) is 0 Å². The summed E-state index contributed by atoms with van der Waals surface area (Å²) < 4.78 is 28.3. The van der Waals surface area contributed by atoms with Crippen molar-refractivity contribution in [2.45, 2.75) is 31.1 Å². The molecule has 1 amide bonds. The Bertz CT molecular complexity index is 905. The number of rotatable bonds is 4. The first-order valence-electron chi connectivity index (χ1n) is 8.55. The predicted molar refractivity (Wildman–Crippen MR) is 111 cm³/mol. The smallest absolute Gasteiger partial charge is 0.255 e. The Morgan fingerprint density at radius 3 is 2.35 bits per heavy atom. The highest BCUT2D eigenvalue weighted by molar-refractivity contribution is 14.1. The molecule has 1 N–H and O–H groups in total. The van der Waals surface area contributed by atoms with Crippen LogP contribution in [-0.2, 0) is 10.0 Å². The largest absolute Gasteiger partial charge is 0.322 e. The molecule has 0 spiro atoms. The number of carbonyl (C=O) groups is 1. The van der Waals surface area contributed by atoms with Crippen LogP contribution < -0.4 is 5.32 Å². The van der Waals surface area contributed by atoms with E-state index in [9.17, 15) is 13.2 Å². The second-order valence-electron chi connectivity index (χ2n) is 6.40. The van der Waals surface area contributed by atoms with Crippen molar-refractivity contribution in [2.75, 3.05) is 18.4 Å². The molecule has 5 nitrogen and oxygen atoms in total. The first kappa shape index (κ1) is 19.3. The number of piperidine rings is 1. The number of carbonyl (C=O) groups excluding carboxylic acids is 1. The van der Waals surface area contributed by atoms with Crippen molar-refractivity contribution in [3.63, 3.8) is 0 Å². The van der Waals surface area contributed by atoms with Crippen molar-refractivity contribution in [3.05, 3.63) is 57.2 Å². The topological polar surface area (TPSA) is 66.5 Å². The standard InChI is InChI=1S/C19H21IN2O3S/c1-14-5-10-17(26(24,25)22-11-3-2-4-12-22)13-18(14)19(23)21-16-8-6-15(20)7-9-16/h5-10,13H,2-4,11-12H2,1H3,(H,21,23). The molecule has 1 saturated heterocycles. The van der Waals surface area contributed by atoms with E-state index in [-0.39, 0.29) is 10.8 Å². The van der Waals surface area contributed by atoms with Gasteiger partial charge in [0.15, 0.2) is 0 Å². The molecule has 7 heteroatoms. The highest BCUT2D eigenvalue weighted by Crippen LogP contribution is 2.23. The van der Waals surface area contributed by atoms with Gasteiger partial charge in [-0.05, 0) is 84.3 Å². The first-order valence-corrected chi connectivity index (χ1v) is 11.1. The van der Waals surface area contributed by atoms with Crippen molar-refractivity contribution >= 4 is 44.2 Å². The summed E-state index contributed by atoms with van der Waals surface area (Å²) in [5, 5.41) is 2.83. The molecule has 0 radical (unpaired) electrons. The van der Waals surface area contributed by atoms with Crippen LogP contribution in [0, 0.1) is 10.5 Å². The van der Waals surface area contributed by atoms with Gasteiger partial charge in [0, 0.05) is 27.9 Å². The summed E-state index contributed by atoms with van der Waals surface area (Å²) in [6.45, 7) is 2.89. The van der Waals surface area contributed by atoms with Gasteiger partial charge in [-0.3, -0.25) is 4.79 Å². The number of sulfonamides is 1. The van der Waals surface area contributed by atoms with E-state index in [1.165, 1.54) is 10.4 Å². The molecule has 1 fully saturated rings. The average molecular weight is 484 g/mol. The molecule has 0 unspecified atom stereocenters. The number of nitrogens with one attached hydrogen (secondary N) is 1. The normalized spacial score (nSPS) is 15.6. The van der Waals surface area contributed by atoms with Gasteiger partial charge in [0.25, 0.3) is 5.91 Å². The number of anilines is 1. The van der Waals surface area contributed by atoms with Crippen LogP contribution in [0.1, 0.15) is 35.2 Å². The number of halogens is 1. The highest BCUT2D eigenvalue weighted by atomic mass is 127. The summed E-state index contributed by atoms with van der Waals surface area (Å²) >= 11 is 2.20. The zero-order chi connectivity index (χ0) is 18.7. The molecule has 0 aromatic heterocycles. The molecular formula is C19H21IN2O3S. The average Bonchev–Trinajstić information content (AvgIpc) is 2.64. The maximum Gasteiger partial charge on any atom is 0.255 e. The van der Waals surface area contributed by atoms with Crippen LogP contribution in [0.2, 0.25) is 0 Å². The molecule has 0 bridgehead atoms. The summed E-state index contributed by atoms with van der Waals surface area (Å²) in [4.78, 5) is 12.8. The minimum absolute atomic E-state index is 0.178. The second kappa shape index (κ2) is 8.06. The third-order valence-electron chi connectivity index (χ3n) is 4.51. The number of benzene rings is 2. The van der Waals surface area contributed by atoms with Crippen LogP contribution in [0.15, 0.2) is 47.4 Å². The van der Waals surface area contributed by atoms with E-state index < -0.39 is 10.0 Å². The summed E-state index contributed by atoms with van der Waals surface area (Å²) in [5.41, 5.74) is 1.80. The van der Waals surface area contributed by atoms with E-state index in [0.29, 0.717) is 24.3 Å². The lowest BCUT2D eigenvalue weighted by molar-refractivity contribution is 0.102. The number of hydrogen-bond acceptors (Lipinski definition) is 3. The molecule has 1 aliphatic heterocycles. The lowest BCUT2D eigenvalue weighted by Gasteiger charge is -2.26. The van der Waals surface area contributed by atoms with Gasteiger partial charge in [0.05, 0.1) is 4.90 Å². The minimum atomic E-state index is -3.56. The Balaban J connectivity index is 1.87. The molecule has 1 heterocycles. The quantitative estimate of drug-likeness (QED) is 0.667. The monoisotopic (exact) mass is 484 g/mol. The SMILES string of the molecule is Cc1ccc(S(=O)(=O)N2CCCCC2)cc1C(=O)Nc1ccc(I)cc1. The van der Waals surface area contributed by atoms with E-state index >= 15 is 0 Å². The summed E-state index contributed by atoms with van der Waals surface area (Å²) in [6.07, 6.45) is 2.82. The number of amides is 1. The van der Waals surface area contributed by atoms with E-state index in [1.807, 2.05) is 24.3 Å². The molecule has 26 heavy (non-hydrogen) atoms. The van der Waals surface area contributed by atoms with Crippen molar-refractivity contribution < 1.29 is 13.2 Å². The Morgan fingerprint density at radius 1 is 1.04 bits per heavy atom. The first-order chi connectivity index (χ1) is 12.4. The predicted octanol–water partition coefficient (Wildman–Crippen LogP) is 4.03. The fourth-order valence-corrected chi connectivity index (χ4v) is 4.90. The van der Waals surface area contributed by atoms with Crippen LogP contribution in [0.4, 0.5) is 5.69 Å². The Morgan fingerprint density at radius 2 is 1.69 bits per heavy atom. The van der Waals surface area contributed by atoms with Crippen molar-refractivity contribution in [3.8, 4) is 0 Å². The molecule has 0 atom stereocenters. The fraction of sp³-hybridized carbons (Fsp3) is 0.316. The van der Waals surface area contributed by atoms with Gasteiger partial charge in [-0.25, -0.2) is 8.42 Å². The van der Waals surface area contributed by atoms with Crippen molar-refractivity contribution in [1.82, 2.24) is 4.31 Å². The lowest BCUT2D eigenvalue weighted by atomic mass is 10.1. The Labute approximate surface area is 168 Å². The van der Waals surface area contributed by atoms with Crippen molar-refractivity contribution in [2.24, 2.45) is 0 Å². The highest BCUT2D eigenvalue weighted by Gasteiger charge is 2.27. The maximum absolute atomic E-state index is 12.9. The van der Waals surface area contributed by atoms with E-state index in [1.54, 1.807) is 19.1 Å². The Hall–Kier alpha value is -1.45. The number of nitrogens with zero attached hydrogens (tertiary/aromatic N) is 1. The van der Waals surface area contributed by atoms with Gasteiger partial charge in [-0.1, -0.05) is 12.5 Å². The molecule has 3 rings (SSSR count). The zero-order valence-electron chi connectivity index (χ0n) is 14.5. The van der Waals surface area contributed by atoms with Gasteiger partial charge >= 0.3 is 0 Å². The van der Waals surface area contributed by atoms with Gasteiger partial charge < -0.3 is 5.32 Å². The van der Waals surface area contributed by atoms with E-state index in [2.05, 4.69) is 27.9 Å². The Kier molecular flexibility index (Phi) is 5.99. The summed E-state index contributed by atoms with van der Waals surface area (Å²) in [5.74, 6) is -0.306. The number of aryl methyl sites for hydroxylation is 1. The van der Waals surface area contributed by atoms with Gasteiger partial charge in [0.1, 0.15) is 0 Å². The minimum Gasteiger partial charge on any atom is -0.322 e. The molecule has 1 aliphatic rings. The van der Waals surface area contributed by atoms with Crippen LogP contribution >= 0.6 is 22.6 Å². The third-order valence-corrected chi connectivity index (χ3v) is 7.12. The number of hydrogen-bond donors (Lipinski definition) is 1. The molecule has 138 valence electrons. The van der Waals surface area contributed by atoms with E-state index in [0.717, 1.165) is 28.4 Å². The van der Waals surface area contributed by atoms with Gasteiger partial charge in [0.2, 0.25) is 10.0 Å². The molecule has 2 aromatic carbocycles. The summed E-state index contributed by atoms with van der Waals surface area (Å²) in [6, 6.07) is 12.2. The summed E-state index contributed by atoms with van der Waals surface area (Å²) in [7, 11) is -3.56. The van der Waals surface area contributed by atoms with Gasteiger partial charge in [-0.15, -0.1) is 0 Å². The third kappa shape index (κ3) is 4.27. The molecule has 2 aromatic rings. The van der Waals surface area contributed by atoms with Crippen LogP contribution in [-0.4, -0.2) is 31.7 Å². The van der Waals surface area contributed by atoms with Crippen molar-refractivity contribution in [1.29, 1.82) is 0 Å². The fourth-order valence-electron chi connectivity index (χ4n) is 2.99. The second-order valence-corrected chi connectivity index (χ2v) is 9.59. The van der Waals surface area contributed by atoms with Crippen LogP contribution in [0.25, 0.3) is 0 Å². The molecular weight excluding hydrogens is 463 g/mol. The van der Waals surface area contributed by atoms with E-state index in [4.69, 9.17) is 0 Å². The van der Waals surface area contributed by atoms with Crippen LogP contribution in [0.5, 0.6) is 0 Å². The maximum atomic E-state index is 12.9. The molecule has 0 aliphatic carbocycles. The molecule has 0 saturated carbocycles. The van der Waals surface area contributed by atoms with Gasteiger partial charge in [-0.2, -0.15) is 4.31 Å². The zero-order valence-corrected chi connectivity index (χ0v) is 17.5.